The van der Waals surface area contributed by atoms with Crippen molar-refractivity contribution >= 4 is 11.7 Å². The van der Waals surface area contributed by atoms with Crippen LogP contribution in [-0.2, 0) is 24.2 Å². The van der Waals surface area contributed by atoms with Gasteiger partial charge >= 0.3 is 0 Å². The zero-order valence-electron chi connectivity index (χ0n) is 14.8. The Morgan fingerprint density at radius 2 is 2.00 bits per heavy atom. The van der Waals surface area contributed by atoms with Crippen LogP contribution in [0.5, 0.6) is 5.75 Å². The number of aryl methyl sites for hydroxylation is 1. The number of ether oxygens (including phenoxy) is 2. The van der Waals surface area contributed by atoms with Crippen LogP contribution >= 0.6 is 0 Å². The minimum absolute atomic E-state index is 0.157. The van der Waals surface area contributed by atoms with Crippen molar-refractivity contribution in [1.29, 1.82) is 0 Å². The summed E-state index contributed by atoms with van der Waals surface area (Å²) < 4.78 is 12.6. The SMILES string of the molecule is O=C(Nc1c2c(nn1-c1ccccc1)CCC2)c1ccc2c(c1)COCO2. The van der Waals surface area contributed by atoms with Gasteiger partial charge in [-0.1, -0.05) is 18.2 Å². The zero-order chi connectivity index (χ0) is 18.2. The molecule has 5 rings (SSSR count). The van der Waals surface area contributed by atoms with E-state index in [0.29, 0.717) is 12.2 Å². The number of carbonyl (C=O) groups is 1. The number of benzene rings is 2. The number of aromatic nitrogens is 2. The first-order valence-corrected chi connectivity index (χ1v) is 9.10. The summed E-state index contributed by atoms with van der Waals surface area (Å²) in [6.45, 7) is 0.703. The lowest BCUT2D eigenvalue weighted by atomic mass is 10.1. The molecule has 0 saturated carbocycles. The van der Waals surface area contributed by atoms with E-state index in [2.05, 4.69) is 5.32 Å². The van der Waals surface area contributed by atoms with Crippen molar-refractivity contribution in [2.75, 3.05) is 12.1 Å². The largest absolute Gasteiger partial charge is 0.467 e. The minimum Gasteiger partial charge on any atom is -0.467 e. The van der Waals surface area contributed by atoms with Crippen molar-refractivity contribution in [2.24, 2.45) is 0 Å². The van der Waals surface area contributed by atoms with Gasteiger partial charge < -0.3 is 14.8 Å². The fraction of sp³-hybridized carbons (Fsp3) is 0.238. The summed E-state index contributed by atoms with van der Waals surface area (Å²) in [5.41, 5.74) is 4.61. The highest BCUT2D eigenvalue weighted by Gasteiger charge is 2.25. The molecule has 2 heterocycles. The van der Waals surface area contributed by atoms with Crippen LogP contribution < -0.4 is 10.1 Å². The number of rotatable bonds is 3. The van der Waals surface area contributed by atoms with Gasteiger partial charge in [-0.2, -0.15) is 5.10 Å². The normalized spacial score (nSPS) is 15.0. The molecule has 0 radical (unpaired) electrons. The molecule has 0 unspecified atom stereocenters. The monoisotopic (exact) mass is 361 g/mol. The molecular formula is C21H19N3O3. The van der Waals surface area contributed by atoms with Crippen LogP contribution in [0.4, 0.5) is 5.82 Å². The highest BCUT2D eigenvalue weighted by atomic mass is 16.7. The number of fused-ring (bicyclic) bond motifs is 2. The van der Waals surface area contributed by atoms with E-state index in [0.717, 1.165) is 53.3 Å². The second kappa shape index (κ2) is 6.55. The van der Waals surface area contributed by atoms with Crippen molar-refractivity contribution in [3.8, 4) is 11.4 Å². The maximum absolute atomic E-state index is 12.9. The van der Waals surface area contributed by atoms with Gasteiger partial charge in [0.1, 0.15) is 11.6 Å². The van der Waals surface area contributed by atoms with E-state index in [1.807, 2.05) is 47.1 Å². The van der Waals surface area contributed by atoms with Gasteiger partial charge in [0.05, 0.1) is 18.0 Å². The third-order valence-electron chi connectivity index (χ3n) is 5.02. The Balaban J connectivity index is 1.49. The molecule has 1 aromatic heterocycles. The molecule has 1 amide bonds. The molecule has 3 aromatic rings. The van der Waals surface area contributed by atoms with Crippen LogP contribution in [0.1, 0.15) is 33.6 Å². The van der Waals surface area contributed by atoms with Crippen LogP contribution in [-0.4, -0.2) is 22.5 Å². The van der Waals surface area contributed by atoms with Crippen molar-refractivity contribution in [1.82, 2.24) is 9.78 Å². The molecule has 2 aromatic carbocycles. The Labute approximate surface area is 156 Å². The van der Waals surface area contributed by atoms with Gasteiger partial charge in [0.25, 0.3) is 5.91 Å². The molecule has 136 valence electrons. The summed E-state index contributed by atoms with van der Waals surface area (Å²) in [6, 6.07) is 15.3. The molecule has 27 heavy (non-hydrogen) atoms. The van der Waals surface area contributed by atoms with Crippen molar-refractivity contribution < 1.29 is 14.3 Å². The number of carbonyl (C=O) groups excluding carboxylic acids is 1. The fourth-order valence-corrected chi connectivity index (χ4v) is 3.69. The topological polar surface area (TPSA) is 65.4 Å². The van der Waals surface area contributed by atoms with Gasteiger partial charge in [-0.3, -0.25) is 4.79 Å². The van der Waals surface area contributed by atoms with Gasteiger partial charge in [0.15, 0.2) is 6.79 Å². The second-order valence-electron chi connectivity index (χ2n) is 6.76. The third-order valence-corrected chi connectivity index (χ3v) is 5.02. The van der Waals surface area contributed by atoms with Crippen LogP contribution in [0.3, 0.4) is 0 Å². The highest BCUT2D eigenvalue weighted by Crippen LogP contribution is 2.31. The van der Waals surface area contributed by atoms with E-state index in [9.17, 15) is 4.79 Å². The zero-order valence-corrected chi connectivity index (χ0v) is 14.8. The first-order valence-electron chi connectivity index (χ1n) is 9.10. The molecule has 6 nitrogen and oxygen atoms in total. The van der Waals surface area contributed by atoms with Crippen molar-refractivity contribution in [3.05, 3.63) is 70.9 Å². The molecule has 1 N–H and O–H groups in total. The number of hydrogen-bond acceptors (Lipinski definition) is 4. The summed E-state index contributed by atoms with van der Waals surface area (Å²) in [4.78, 5) is 12.9. The molecule has 2 aliphatic rings. The Kier molecular flexibility index (Phi) is 3.90. The predicted octanol–water partition coefficient (Wildman–Crippen LogP) is 3.48. The average Bonchev–Trinajstić information content (AvgIpc) is 3.31. The maximum Gasteiger partial charge on any atom is 0.256 e. The van der Waals surface area contributed by atoms with Crippen molar-refractivity contribution in [3.63, 3.8) is 0 Å². The number of amides is 1. The standard InChI is InChI=1S/C21H19N3O3/c25-21(14-9-10-19-15(11-14)12-26-13-27-19)22-20-17-7-4-8-18(17)23-24(20)16-5-2-1-3-6-16/h1-3,5-6,9-11H,4,7-8,12-13H2,(H,22,25). The number of nitrogens with one attached hydrogen (secondary N) is 1. The molecule has 0 atom stereocenters. The lowest BCUT2D eigenvalue weighted by Gasteiger charge is -2.18. The van der Waals surface area contributed by atoms with Gasteiger partial charge in [0.2, 0.25) is 0 Å². The van der Waals surface area contributed by atoms with Gasteiger partial charge in [-0.25, -0.2) is 4.68 Å². The van der Waals surface area contributed by atoms with Crippen LogP contribution in [0.15, 0.2) is 48.5 Å². The van der Waals surface area contributed by atoms with Crippen LogP contribution in [0, 0.1) is 0 Å². The fourth-order valence-electron chi connectivity index (χ4n) is 3.69. The van der Waals surface area contributed by atoms with Gasteiger partial charge in [0, 0.05) is 16.7 Å². The Hall–Kier alpha value is -3.12. The van der Waals surface area contributed by atoms with E-state index in [4.69, 9.17) is 14.6 Å². The highest BCUT2D eigenvalue weighted by molar-refractivity contribution is 6.04. The number of para-hydroxylation sites is 1. The first-order chi connectivity index (χ1) is 13.3. The molecule has 0 bridgehead atoms. The maximum atomic E-state index is 12.9. The van der Waals surface area contributed by atoms with E-state index in [1.54, 1.807) is 6.07 Å². The molecule has 6 heteroatoms. The molecule has 1 aliphatic heterocycles. The lowest BCUT2D eigenvalue weighted by molar-refractivity contribution is -0.0163. The summed E-state index contributed by atoms with van der Waals surface area (Å²) >= 11 is 0. The summed E-state index contributed by atoms with van der Waals surface area (Å²) in [5, 5.41) is 7.83. The van der Waals surface area contributed by atoms with Gasteiger partial charge in [-0.05, 0) is 49.6 Å². The van der Waals surface area contributed by atoms with Gasteiger partial charge in [-0.15, -0.1) is 0 Å². The van der Waals surface area contributed by atoms with E-state index < -0.39 is 0 Å². The number of anilines is 1. The van der Waals surface area contributed by atoms with Crippen LogP contribution in [0.2, 0.25) is 0 Å². The lowest BCUT2D eigenvalue weighted by Crippen LogP contribution is -2.18. The Bertz CT molecular complexity index is 1010. The molecule has 0 spiro atoms. The molecule has 1 aliphatic carbocycles. The van der Waals surface area contributed by atoms with E-state index in [-0.39, 0.29) is 12.7 Å². The van der Waals surface area contributed by atoms with Crippen molar-refractivity contribution in [2.45, 2.75) is 25.9 Å². The summed E-state index contributed by atoms with van der Waals surface area (Å²) in [7, 11) is 0. The summed E-state index contributed by atoms with van der Waals surface area (Å²) in [5.74, 6) is 1.38. The first kappa shape index (κ1) is 16.1. The van der Waals surface area contributed by atoms with E-state index in [1.165, 1.54) is 0 Å². The quantitative estimate of drug-likeness (QED) is 0.776. The summed E-state index contributed by atoms with van der Waals surface area (Å²) in [6.07, 6.45) is 2.96. The third kappa shape index (κ3) is 2.88. The number of nitrogens with zero attached hydrogens (tertiary/aromatic N) is 2. The number of hydrogen-bond donors (Lipinski definition) is 1. The Morgan fingerprint density at radius 1 is 1.11 bits per heavy atom. The predicted molar refractivity (Wildman–Crippen MR) is 100 cm³/mol. The molecule has 0 fully saturated rings. The average molecular weight is 361 g/mol. The van der Waals surface area contributed by atoms with Crippen LogP contribution in [0.25, 0.3) is 5.69 Å². The minimum atomic E-state index is -0.157. The molecular weight excluding hydrogens is 342 g/mol. The van der Waals surface area contributed by atoms with E-state index >= 15 is 0 Å². The second-order valence-corrected chi connectivity index (χ2v) is 6.76. The smallest absolute Gasteiger partial charge is 0.256 e. The molecule has 0 saturated heterocycles. The Morgan fingerprint density at radius 3 is 2.89 bits per heavy atom.